The van der Waals surface area contributed by atoms with E-state index in [0.717, 1.165) is 29.7 Å². The zero-order valence-corrected chi connectivity index (χ0v) is 17.2. The van der Waals surface area contributed by atoms with E-state index in [1.165, 1.54) is 37.9 Å². The number of thiophene rings is 2. The van der Waals surface area contributed by atoms with Crippen LogP contribution in [0.5, 0.6) is 0 Å². The van der Waals surface area contributed by atoms with Gasteiger partial charge in [0.1, 0.15) is 11.4 Å². The Kier molecular flexibility index (Phi) is 4.17. The Morgan fingerprint density at radius 1 is 1.35 bits per heavy atom. The number of nitrogen functional groups attached to an aromatic ring is 1. The van der Waals surface area contributed by atoms with E-state index >= 15 is 0 Å². The molecule has 0 amide bonds. The Morgan fingerprint density at radius 3 is 2.77 bits per heavy atom. The number of aromatic nitrogens is 1. The van der Waals surface area contributed by atoms with E-state index in [4.69, 9.17) is 10.7 Å². The molecule has 0 saturated heterocycles. The van der Waals surface area contributed by atoms with Gasteiger partial charge in [-0.3, -0.25) is 4.79 Å². The van der Waals surface area contributed by atoms with Crippen molar-refractivity contribution in [2.45, 2.75) is 33.7 Å². The molecule has 3 aromatic rings. The lowest BCUT2D eigenvalue weighted by atomic mass is 9.89. The third-order valence-corrected chi connectivity index (χ3v) is 6.97. The lowest BCUT2D eigenvalue weighted by molar-refractivity contribution is -0.895. The summed E-state index contributed by atoms with van der Waals surface area (Å²) in [5.74, 6) is 0.0934. The second-order valence-corrected chi connectivity index (χ2v) is 10.1. The predicted octanol–water partition coefficient (Wildman–Crippen LogP) is 3.41. The first-order chi connectivity index (χ1) is 12.3. The molecule has 1 atom stereocenters. The Bertz CT molecular complexity index is 997. The fraction of sp³-hybridized carbons (Fsp3) is 0.400. The highest BCUT2D eigenvalue weighted by Gasteiger charge is 2.31. The summed E-state index contributed by atoms with van der Waals surface area (Å²) in [6.45, 7) is 7.86. The van der Waals surface area contributed by atoms with Gasteiger partial charge in [0.2, 0.25) is 0 Å². The van der Waals surface area contributed by atoms with Gasteiger partial charge in [0.25, 0.3) is 0 Å². The van der Waals surface area contributed by atoms with E-state index in [1.54, 1.807) is 11.3 Å². The number of anilines is 1. The maximum absolute atomic E-state index is 12.9. The number of likely N-dealkylation sites (N-methyl/N-ethyl adjacent to an activating group) is 1. The number of hydrogen-bond donors (Lipinski definition) is 2. The zero-order valence-electron chi connectivity index (χ0n) is 15.6. The lowest BCUT2D eigenvalue weighted by Crippen LogP contribution is -3.08. The van der Waals surface area contributed by atoms with Crippen molar-refractivity contribution in [2.24, 2.45) is 5.41 Å². The second-order valence-electron chi connectivity index (χ2n) is 8.13. The average molecular weight is 387 g/mol. The Balaban J connectivity index is 2.05. The average Bonchev–Trinajstić information content (AvgIpc) is 3.20. The molecule has 0 radical (unpaired) electrons. The van der Waals surface area contributed by atoms with Gasteiger partial charge in [-0.2, -0.15) is 0 Å². The highest BCUT2D eigenvalue weighted by atomic mass is 32.1. The number of nitrogens with zero attached hydrogens (tertiary/aromatic N) is 1. The van der Waals surface area contributed by atoms with E-state index in [2.05, 4.69) is 24.6 Å². The molecular weight excluding hydrogens is 362 g/mol. The van der Waals surface area contributed by atoms with Gasteiger partial charge in [0.15, 0.2) is 5.78 Å². The van der Waals surface area contributed by atoms with Crippen molar-refractivity contribution in [3.05, 3.63) is 33.6 Å². The van der Waals surface area contributed by atoms with Gasteiger partial charge in [-0.15, -0.1) is 22.7 Å². The molecule has 4 heterocycles. The molecule has 3 aromatic heterocycles. The number of carbonyl (C=O) groups excluding carboxylic acids is 1. The molecule has 6 heteroatoms. The molecule has 0 aliphatic carbocycles. The first kappa shape index (κ1) is 17.6. The van der Waals surface area contributed by atoms with Gasteiger partial charge in [0, 0.05) is 33.2 Å². The number of hydrogen-bond acceptors (Lipinski definition) is 5. The van der Waals surface area contributed by atoms with Crippen LogP contribution in [-0.2, 0) is 13.0 Å². The van der Waals surface area contributed by atoms with E-state index in [1.807, 2.05) is 20.8 Å². The number of pyridine rings is 1. The molecular formula is C20H24N3OS2+. The minimum Gasteiger partial charge on any atom is -0.397 e. The van der Waals surface area contributed by atoms with Crippen LogP contribution in [0, 0.1) is 5.41 Å². The number of fused-ring (bicyclic) bond motifs is 2. The summed E-state index contributed by atoms with van der Waals surface area (Å²) in [6, 6.07) is 4.22. The van der Waals surface area contributed by atoms with Crippen LogP contribution in [-0.4, -0.2) is 24.4 Å². The summed E-state index contributed by atoms with van der Waals surface area (Å²) >= 11 is 3.18. The molecule has 0 bridgehead atoms. The van der Waals surface area contributed by atoms with Crippen LogP contribution in [0.3, 0.4) is 0 Å². The van der Waals surface area contributed by atoms with Crippen molar-refractivity contribution in [1.29, 1.82) is 0 Å². The predicted molar refractivity (Wildman–Crippen MR) is 110 cm³/mol. The topological polar surface area (TPSA) is 60.4 Å². The highest BCUT2D eigenvalue weighted by molar-refractivity contribution is 7.21. The lowest BCUT2D eigenvalue weighted by Gasteiger charge is -2.24. The van der Waals surface area contributed by atoms with Gasteiger partial charge in [-0.1, -0.05) is 26.8 Å². The van der Waals surface area contributed by atoms with E-state index in [-0.39, 0.29) is 5.78 Å². The van der Waals surface area contributed by atoms with Crippen LogP contribution in [0.4, 0.5) is 5.69 Å². The summed E-state index contributed by atoms with van der Waals surface area (Å²) in [5, 5.41) is 3.07. The van der Waals surface area contributed by atoms with Crippen LogP contribution in [0.1, 0.15) is 41.7 Å². The molecule has 4 nitrogen and oxygen atoms in total. The normalized spacial score (nSPS) is 17.5. The molecule has 0 aromatic carbocycles. The van der Waals surface area contributed by atoms with Gasteiger partial charge >= 0.3 is 0 Å². The molecule has 0 saturated carbocycles. The van der Waals surface area contributed by atoms with Crippen LogP contribution in [0.2, 0.25) is 0 Å². The molecule has 1 unspecified atom stereocenters. The number of quaternary nitrogens is 1. The van der Waals surface area contributed by atoms with E-state index in [0.29, 0.717) is 10.6 Å². The van der Waals surface area contributed by atoms with Gasteiger partial charge < -0.3 is 10.6 Å². The number of Topliss-reactive ketones (excluding diaryl/α,β-unsaturated/α-hetero) is 1. The van der Waals surface area contributed by atoms with Crippen LogP contribution in [0.25, 0.3) is 20.7 Å². The number of carbonyl (C=O) groups is 1. The molecule has 26 heavy (non-hydrogen) atoms. The Labute approximate surface area is 161 Å². The summed E-state index contributed by atoms with van der Waals surface area (Å²) in [7, 11) is 2.22. The summed E-state index contributed by atoms with van der Waals surface area (Å²) < 4.78 is 0. The van der Waals surface area contributed by atoms with Crippen molar-refractivity contribution in [3.8, 4) is 10.4 Å². The molecule has 0 fully saturated rings. The second kappa shape index (κ2) is 6.15. The zero-order chi connectivity index (χ0) is 18.6. The third kappa shape index (κ3) is 2.76. The summed E-state index contributed by atoms with van der Waals surface area (Å²) in [6.07, 6.45) is 0.968. The van der Waals surface area contributed by atoms with Gasteiger partial charge in [-0.25, -0.2) is 4.98 Å². The van der Waals surface area contributed by atoms with E-state index in [9.17, 15) is 4.79 Å². The first-order valence-electron chi connectivity index (χ1n) is 8.91. The van der Waals surface area contributed by atoms with Crippen molar-refractivity contribution < 1.29 is 9.69 Å². The first-order valence-corrected chi connectivity index (χ1v) is 10.6. The van der Waals surface area contributed by atoms with Crippen LogP contribution < -0.4 is 10.6 Å². The number of nitrogens with two attached hydrogens (primary N) is 1. The van der Waals surface area contributed by atoms with Crippen molar-refractivity contribution >= 4 is 44.4 Å². The van der Waals surface area contributed by atoms with E-state index < -0.39 is 5.41 Å². The fourth-order valence-electron chi connectivity index (χ4n) is 3.56. The smallest absolute Gasteiger partial charge is 0.180 e. The minimum atomic E-state index is -0.456. The van der Waals surface area contributed by atoms with Crippen LogP contribution in [0.15, 0.2) is 17.5 Å². The molecule has 4 rings (SSSR count). The quantitative estimate of drug-likeness (QED) is 0.664. The minimum absolute atomic E-state index is 0.0934. The van der Waals surface area contributed by atoms with Gasteiger partial charge in [-0.05, 0) is 11.4 Å². The monoisotopic (exact) mass is 386 g/mol. The molecule has 0 spiro atoms. The number of rotatable bonds is 2. The SMILES string of the molecule is C[NH+]1CCc2nc3sc(C(=O)C(C)(C)C)c(N)c3c(-c3cccs3)c2C1. The number of ketones is 1. The van der Waals surface area contributed by atoms with Crippen LogP contribution >= 0.6 is 22.7 Å². The standard InChI is InChI=1S/C20H23N3OS2/c1-20(2,3)18(24)17-16(21)15-14(13-6-5-9-25-13)11-10-23(4)8-7-12(11)22-19(15)26-17/h5-6,9H,7-8,10,21H2,1-4H3/p+1. The van der Waals surface area contributed by atoms with Gasteiger partial charge in [0.05, 0.1) is 29.9 Å². The third-order valence-electron chi connectivity index (χ3n) is 4.99. The summed E-state index contributed by atoms with van der Waals surface area (Å²) in [4.78, 5) is 22.1. The summed E-state index contributed by atoms with van der Waals surface area (Å²) in [5.41, 5.74) is 10.4. The largest absolute Gasteiger partial charge is 0.397 e. The maximum Gasteiger partial charge on any atom is 0.180 e. The Morgan fingerprint density at radius 2 is 2.12 bits per heavy atom. The molecule has 1 aliphatic heterocycles. The highest BCUT2D eigenvalue weighted by Crippen LogP contribution is 2.45. The molecule has 3 N–H and O–H groups in total. The van der Waals surface area contributed by atoms with Crippen molar-refractivity contribution in [1.82, 2.24) is 4.98 Å². The fourth-order valence-corrected chi connectivity index (χ4v) is 5.64. The van der Waals surface area contributed by atoms with Crippen molar-refractivity contribution in [2.75, 3.05) is 19.3 Å². The number of nitrogens with one attached hydrogen (secondary N) is 1. The molecule has 136 valence electrons. The Hall–Kier alpha value is -1.76. The maximum atomic E-state index is 12.9. The van der Waals surface area contributed by atoms with Crippen molar-refractivity contribution in [3.63, 3.8) is 0 Å². The molecule has 1 aliphatic rings.